The molecule has 1 aromatic carbocycles. The standard InChI is InChI=1S/C25H28N4O2S2/c1-5-27(6-2)22-19(17(4)20(16-26)23(30)28(22)7-3)15-21-24(31)29(25(32)33-21)14-13-18-11-9-8-10-12-18/h8-12,15H,5-7,13-14H2,1-4H3/b21-15-. The van der Waals surface area contributed by atoms with Crippen molar-refractivity contribution in [1.82, 2.24) is 9.47 Å². The Labute approximate surface area is 204 Å². The van der Waals surface area contributed by atoms with Crippen LogP contribution >= 0.6 is 24.0 Å². The van der Waals surface area contributed by atoms with Gasteiger partial charge in [-0.15, -0.1) is 0 Å². The van der Waals surface area contributed by atoms with Crippen LogP contribution in [0.15, 0.2) is 40.0 Å². The summed E-state index contributed by atoms with van der Waals surface area (Å²) in [6.45, 7) is 10.0. The van der Waals surface area contributed by atoms with Crippen molar-refractivity contribution in [3.63, 3.8) is 0 Å². The van der Waals surface area contributed by atoms with E-state index in [1.165, 1.54) is 11.8 Å². The Kier molecular flexibility index (Phi) is 8.11. The van der Waals surface area contributed by atoms with E-state index in [1.807, 2.05) is 51.1 Å². The van der Waals surface area contributed by atoms with Gasteiger partial charge in [0.05, 0.1) is 4.91 Å². The minimum Gasteiger partial charge on any atom is -0.358 e. The van der Waals surface area contributed by atoms with Crippen LogP contribution in [0.3, 0.4) is 0 Å². The van der Waals surface area contributed by atoms with E-state index in [4.69, 9.17) is 12.2 Å². The third kappa shape index (κ3) is 4.90. The first-order chi connectivity index (χ1) is 15.9. The molecule has 0 unspecified atom stereocenters. The molecule has 0 bridgehead atoms. The second kappa shape index (κ2) is 10.8. The quantitative estimate of drug-likeness (QED) is 0.414. The molecule has 3 rings (SSSR count). The molecule has 0 aliphatic carbocycles. The largest absolute Gasteiger partial charge is 0.358 e. The molecule has 0 atom stereocenters. The normalized spacial score (nSPS) is 14.8. The molecule has 1 fully saturated rings. The molecule has 33 heavy (non-hydrogen) atoms. The number of pyridine rings is 1. The molecule has 6 nitrogen and oxygen atoms in total. The predicted octanol–water partition coefficient (Wildman–Crippen LogP) is 4.34. The topological polar surface area (TPSA) is 69.3 Å². The highest BCUT2D eigenvalue weighted by atomic mass is 32.2. The number of rotatable bonds is 8. The molecule has 1 aliphatic heterocycles. The Morgan fingerprint density at radius 2 is 1.82 bits per heavy atom. The Morgan fingerprint density at radius 1 is 1.15 bits per heavy atom. The lowest BCUT2D eigenvalue weighted by molar-refractivity contribution is -0.122. The van der Waals surface area contributed by atoms with Crippen LogP contribution in [0.25, 0.3) is 6.08 Å². The zero-order chi connectivity index (χ0) is 24.1. The molecular formula is C25H28N4O2S2. The third-order valence-electron chi connectivity index (χ3n) is 5.84. The van der Waals surface area contributed by atoms with Crippen LogP contribution in [-0.4, -0.2) is 39.3 Å². The van der Waals surface area contributed by atoms with Gasteiger partial charge in [-0.1, -0.05) is 54.3 Å². The number of anilines is 1. The number of nitriles is 1. The lowest BCUT2D eigenvalue weighted by Gasteiger charge is -2.28. The van der Waals surface area contributed by atoms with Gasteiger partial charge in [-0.3, -0.25) is 19.1 Å². The lowest BCUT2D eigenvalue weighted by Crippen LogP contribution is -2.34. The van der Waals surface area contributed by atoms with Crippen LogP contribution < -0.4 is 10.5 Å². The number of carbonyl (C=O) groups is 1. The molecule has 0 saturated carbocycles. The van der Waals surface area contributed by atoms with E-state index < -0.39 is 0 Å². The summed E-state index contributed by atoms with van der Waals surface area (Å²) in [6.07, 6.45) is 2.51. The summed E-state index contributed by atoms with van der Waals surface area (Å²) in [7, 11) is 0. The monoisotopic (exact) mass is 480 g/mol. The van der Waals surface area contributed by atoms with Gasteiger partial charge in [0.25, 0.3) is 11.5 Å². The van der Waals surface area contributed by atoms with Crippen LogP contribution in [0.2, 0.25) is 0 Å². The Bertz CT molecular complexity index is 1190. The zero-order valence-corrected chi connectivity index (χ0v) is 21.1. The van der Waals surface area contributed by atoms with Crippen LogP contribution in [0.5, 0.6) is 0 Å². The number of hydrogen-bond donors (Lipinski definition) is 0. The number of hydrogen-bond acceptors (Lipinski definition) is 6. The van der Waals surface area contributed by atoms with Crippen molar-refractivity contribution >= 4 is 46.1 Å². The van der Waals surface area contributed by atoms with E-state index >= 15 is 0 Å². The van der Waals surface area contributed by atoms with Crippen molar-refractivity contribution in [2.45, 2.75) is 40.7 Å². The first-order valence-electron chi connectivity index (χ1n) is 11.1. The second-order valence-corrected chi connectivity index (χ2v) is 9.32. The highest BCUT2D eigenvalue weighted by Gasteiger charge is 2.33. The summed E-state index contributed by atoms with van der Waals surface area (Å²) < 4.78 is 2.15. The molecule has 0 radical (unpaired) electrons. The van der Waals surface area contributed by atoms with Crippen LogP contribution in [-0.2, 0) is 17.8 Å². The van der Waals surface area contributed by atoms with Crippen LogP contribution in [0.4, 0.5) is 5.82 Å². The Balaban J connectivity index is 2.06. The molecule has 1 aromatic heterocycles. The summed E-state index contributed by atoms with van der Waals surface area (Å²) >= 11 is 6.78. The minimum absolute atomic E-state index is 0.110. The fourth-order valence-corrected chi connectivity index (χ4v) is 5.30. The number of thioether (sulfide) groups is 1. The average molecular weight is 481 g/mol. The van der Waals surface area contributed by atoms with E-state index in [-0.39, 0.29) is 17.0 Å². The molecular weight excluding hydrogens is 452 g/mol. The van der Waals surface area contributed by atoms with Gasteiger partial charge in [-0.25, -0.2) is 0 Å². The van der Waals surface area contributed by atoms with Gasteiger partial charge < -0.3 is 4.90 Å². The minimum atomic E-state index is -0.299. The maximum Gasteiger partial charge on any atom is 0.270 e. The lowest BCUT2D eigenvalue weighted by atomic mass is 10.0. The Hall–Kier alpha value is -2.89. The van der Waals surface area contributed by atoms with Crippen LogP contribution in [0, 0.1) is 18.3 Å². The number of thiocarbonyl (C=S) groups is 1. The van der Waals surface area contributed by atoms with Crippen molar-refractivity contribution in [2.75, 3.05) is 24.5 Å². The van der Waals surface area contributed by atoms with E-state index in [9.17, 15) is 14.9 Å². The Morgan fingerprint density at radius 3 is 2.39 bits per heavy atom. The van der Waals surface area contributed by atoms with E-state index in [1.54, 1.807) is 22.5 Å². The number of amides is 1. The second-order valence-electron chi connectivity index (χ2n) is 7.64. The molecule has 2 aromatic rings. The smallest absolute Gasteiger partial charge is 0.270 e. The van der Waals surface area contributed by atoms with Crippen molar-refractivity contribution in [3.05, 3.63) is 67.8 Å². The van der Waals surface area contributed by atoms with Crippen molar-refractivity contribution < 1.29 is 4.79 Å². The van der Waals surface area contributed by atoms with Gasteiger partial charge in [0.2, 0.25) is 0 Å². The first-order valence-corrected chi connectivity index (χ1v) is 12.3. The molecule has 2 heterocycles. The SMILES string of the molecule is CCN(CC)c1c(/C=C2\SC(=S)N(CCc3ccccc3)C2=O)c(C)c(C#N)c(=O)n1CC. The van der Waals surface area contributed by atoms with E-state index in [0.29, 0.717) is 47.4 Å². The maximum absolute atomic E-state index is 13.3. The van der Waals surface area contributed by atoms with E-state index in [2.05, 4.69) is 11.0 Å². The zero-order valence-electron chi connectivity index (χ0n) is 19.4. The molecule has 1 amide bonds. The summed E-state index contributed by atoms with van der Waals surface area (Å²) in [4.78, 5) is 30.5. The van der Waals surface area contributed by atoms with Crippen LogP contribution in [0.1, 0.15) is 43.0 Å². The number of nitrogens with zero attached hydrogens (tertiary/aromatic N) is 4. The average Bonchev–Trinajstić information content (AvgIpc) is 3.08. The molecule has 1 aliphatic rings. The maximum atomic E-state index is 13.3. The number of aromatic nitrogens is 1. The fraction of sp³-hybridized carbons (Fsp3) is 0.360. The van der Waals surface area contributed by atoms with Gasteiger partial charge in [0.1, 0.15) is 21.8 Å². The van der Waals surface area contributed by atoms with Gasteiger partial charge >= 0.3 is 0 Å². The molecule has 1 saturated heterocycles. The highest BCUT2D eigenvalue weighted by Crippen LogP contribution is 2.35. The predicted molar refractivity (Wildman–Crippen MR) is 139 cm³/mol. The van der Waals surface area contributed by atoms with Gasteiger partial charge in [0.15, 0.2) is 0 Å². The van der Waals surface area contributed by atoms with Gasteiger partial charge in [-0.05, 0) is 51.3 Å². The summed E-state index contributed by atoms with van der Waals surface area (Å²) in [5.74, 6) is 0.595. The van der Waals surface area contributed by atoms with Gasteiger partial charge in [-0.2, -0.15) is 5.26 Å². The van der Waals surface area contributed by atoms with Crippen molar-refractivity contribution in [3.8, 4) is 6.07 Å². The summed E-state index contributed by atoms with van der Waals surface area (Å²) in [5, 5.41) is 9.66. The number of benzene rings is 1. The third-order valence-corrected chi connectivity index (χ3v) is 7.22. The fourth-order valence-electron chi connectivity index (χ4n) is 4.01. The molecule has 0 N–H and O–H groups in total. The molecule has 8 heteroatoms. The van der Waals surface area contributed by atoms with Crippen molar-refractivity contribution in [1.29, 1.82) is 5.26 Å². The van der Waals surface area contributed by atoms with E-state index in [0.717, 1.165) is 16.9 Å². The number of carbonyl (C=O) groups excluding carboxylic acids is 1. The van der Waals surface area contributed by atoms with Crippen molar-refractivity contribution in [2.24, 2.45) is 0 Å². The highest BCUT2D eigenvalue weighted by molar-refractivity contribution is 8.26. The molecule has 172 valence electrons. The summed E-state index contributed by atoms with van der Waals surface area (Å²) in [6, 6.07) is 12.1. The van der Waals surface area contributed by atoms with Gasteiger partial charge in [0, 0.05) is 31.7 Å². The first kappa shape index (κ1) is 24.7. The molecule has 0 spiro atoms. The summed E-state index contributed by atoms with van der Waals surface area (Å²) in [5.41, 5.74) is 2.26.